The van der Waals surface area contributed by atoms with Crippen LogP contribution in [0.3, 0.4) is 0 Å². The molecule has 0 spiro atoms. The number of halogens is 7. The van der Waals surface area contributed by atoms with Crippen LogP contribution in [0.15, 0.2) is 95.9 Å². The number of pyridine rings is 1. The van der Waals surface area contributed by atoms with Crippen LogP contribution in [0, 0.1) is 5.82 Å². The molecule has 0 atom stereocenters. The number of rotatable bonds is 6. The first-order valence-electron chi connectivity index (χ1n) is 12.8. The van der Waals surface area contributed by atoms with E-state index >= 15 is 4.39 Å². The van der Waals surface area contributed by atoms with Crippen LogP contribution in [0.1, 0.15) is 27.0 Å². The lowest BCUT2D eigenvalue weighted by Gasteiger charge is -2.16. The van der Waals surface area contributed by atoms with E-state index in [1.165, 1.54) is 0 Å². The number of aromatic amines is 1. The highest BCUT2D eigenvalue weighted by Crippen LogP contribution is 2.39. The van der Waals surface area contributed by atoms with Crippen molar-refractivity contribution in [2.75, 3.05) is 0 Å². The molecule has 0 aliphatic heterocycles. The summed E-state index contributed by atoms with van der Waals surface area (Å²) in [5.74, 6) is -2.86. The summed E-state index contributed by atoms with van der Waals surface area (Å²) in [6.07, 6.45) is -9.32. The van der Waals surface area contributed by atoms with E-state index in [0.29, 0.717) is 18.3 Å². The minimum Gasteiger partial charge on any atom is -0.348 e. The molecule has 0 bridgehead atoms. The van der Waals surface area contributed by atoms with Crippen molar-refractivity contribution in [3.8, 4) is 33.9 Å². The van der Waals surface area contributed by atoms with Gasteiger partial charge in [-0.1, -0.05) is 48.5 Å². The van der Waals surface area contributed by atoms with Crippen LogP contribution in [-0.4, -0.2) is 20.9 Å². The number of carbonyl (C=O) groups excluding carboxylic acids is 1. The largest absolute Gasteiger partial charge is 0.417 e. The van der Waals surface area contributed by atoms with Gasteiger partial charge in [-0.15, -0.1) is 0 Å². The molecule has 6 nitrogen and oxygen atoms in total. The van der Waals surface area contributed by atoms with Crippen LogP contribution in [0.2, 0.25) is 0 Å². The predicted octanol–water partition coefficient (Wildman–Crippen LogP) is 7.27. The molecular formula is C31H19F7N4O2. The zero-order chi connectivity index (χ0) is 31.6. The van der Waals surface area contributed by atoms with Gasteiger partial charge >= 0.3 is 12.4 Å². The summed E-state index contributed by atoms with van der Waals surface area (Å²) in [5, 5.41) is 2.46. The molecule has 2 N–H and O–H groups in total. The van der Waals surface area contributed by atoms with Crippen molar-refractivity contribution >= 4 is 5.91 Å². The maximum absolute atomic E-state index is 15.7. The fraction of sp³-hybridized carbons (Fsp3) is 0.0968. The molecule has 2 heterocycles. The zero-order valence-electron chi connectivity index (χ0n) is 22.2. The highest BCUT2D eigenvalue weighted by atomic mass is 19.4. The molecular weight excluding hydrogens is 593 g/mol. The second kappa shape index (κ2) is 11.7. The van der Waals surface area contributed by atoms with Crippen LogP contribution in [-0.2, 0) is 18.9 Å². The second-order valence-corrected chi connectivity index (χ2v) is 9.49. The fourth-order valence-electron chi connectivity index (χ4n) is 4.37. The Bertz CT molecular complexity index is 1870. The number of hydrogen-bond donors (Lipinski definition) is 2. The molecule has 5 aromatic rings. The molecule has 3 aromatic carbocycles. The zero-order valence-corrected chi connectivity index (χ0v) is 22.2. The molecule has 13 heteroatoms. The number of alkyl halides is 6. The van der Waals surface area contributed by atoms with Crippen molar-refractivity contribution in [3.63, 3.8) is 0 Å². The Hall–Kier alpha value is -5.33. The number of aromatic nitrogens is 3. The van der Waals surface area contributed by atoms with Crippen LogP contribution < -0.4 is 10.9 Å². The van der Waals surface area contributed by atoms with Crippen molar-refractivity contribution in [3.05, 3.63) is 130 Å². The van der Waals surface area contributed by atoms with Crippen LogP contribution in [0.4, 0.5) is 30.7 Å². The van der Waals surface area contributed by atoms with Gasteiger partial charge in [0.05, 0.1) is 28.1 Å². The average molecular weight is 613 g/mol. The molecule has 224 valence electrons. The summed E-state index contributed by atoms with van der Waals surface area (Å²) in [4.78, 5) is 34.7. The molecule has 0 aliphatic carbocycles. The molecule has 5 rings (SSSR count). The minimum atomic E-state index is -5.08. The van der Waals surface area contributed by atoms with Gasteiger partial charge in [-0.2, -0.15) is 26.3 Å². The van der Waals surface area contributed by atoms with Gasteiger partial charge in [0.25, 0.3) is 11.5 Å². The van der Waals surface area contributed by atoms with E-state index in [1.807, 2.05) is 30.3 Å². The van der Waals surface area contributed by atoms with Crippen LogP contribution in [0.5, 0.6) is 0 Å². The van der Waals surface area contributed by atoms with E-state index in [2.05, 4.69) is 20.3 Å². The lowest BCUT2D eigenvalue weighted by molar-refractivity contribution is -0.138. The fourth-order valence-corrected chi connectivity index (χ4v) is 4.37. The van der Waals surface area contributed by atoms with Gasteiger partial charge in [0.1, 0.15) is 11.6 Å². The third-order valence-electron chi connectivity index (χ3n) is 6.55. The Labute approximate surface area is 244 Å². The number of H-pyrrole nitrogens is 1. The summed E-state index contributed by atoms with van der Waals surface area (Å²) in [6.45, 7) is -0.513. The van der Waals surface area contributed by atoms with E-state index < -0.39 is 58.7 Å². The molecule has 1 amide bonds. The SMILES string of the molecule is O=C(NCc1ccc(C(F)(F)F)c(-c2nc(-c3ccc(C(F)(F)F)cn3)cc(=O)[nH]2)c1F)c1ccc(-c2ccccc2)cc1. The van der Waals surface area contributed by atoms with E-state index in [0.717, 1.165) is 29.3 Å². The van der Waals surface area contributed by atoms with Crippen LogP contribution in [0.25, 0.3) is 33.9 Å². The summed E-state index contributed by atoms with van der Waals surface area (Å²) in [6, 6.07) is 19.6. The number of nitrogens with zero attached hydrogens (tertiary/aromatic N) is 2. The summed E-state index contributed by atoms with van der Waals surface area (Å²) in [5.41, 5.74) is -3.69. The Morgan fingerprint density at radius 3 is 2.09 bits per heavy atom. The normalized spacial score (nSPS) is 11.8. The Morgan fingerprint density at radius 2 is 1.48 bits per heavy atom. The number of amides is 1. The van der Waals surface area contributed by atoms with Crippen molar-refractivity contribution in [1.82, 2.24) is 20.3 Å². The molecule has 2 aromatic heterocycles. The Balaban J connectivity index is 1.45. The van der Waals surface area contributed by atoms with Crippen molar-refractivity contribution in [2.24, 2.45) is 0 Å². The maximum atomic E-state index is 15.7. The van der Waals surface area contributed by atoms with Crippen molar-refractivity contribution in [1.29, 1.82) is 0 Å². The van der Waals surface area contributed by atoms with Crippen molar-refractivity contribution < 1.29 is 35.5 Å². The summed E-state index contributed by atoms with van der Waals surface area (Å²) >= 11 is 0. The molecule has 44 heavy (non-hydrogen) atoms. The first-order valence-corrected chi connectivity index (χ1v) is 12.8. The highest BCUT2D eigenvalue weighted by molar-refractivity contribution is 5.94. The standard InChI is InChI=1S/C31H19F7N4O2/c32-27-20(15-40-29(44)19-8-6-18(7-9-19)17-4-2-1-3-5-17)10-12-22(31(36,37)38)26(27)28-41-24(14-25(43)42-28)23-13-11-21(16-39-23)30(33,34)35/h1-14,16H,15H2,(H,40,44)(H,41,42,43). The third-order valence-corrected chi connectivity index (χ3v) is 6.55. The molecule has 0 unspecified atom stereocenters. The quantitative estimate of drug-likeness (QED) is 0.198. The minimum absolute atomic E-state index is 0.222. The molecule has 0 saturated carbocycles. The van der Waals surface area contributed by atoms with E-state index in [4.69, 9.17) is 0 Å². The van der Waals surface area contributed by atoms with Crippen LogP contribution >= 0.6 is 0 Å². The maximum Gasteiger partial charge on any atom is 0.417 e. The predicted molar refractivity (Wildman–Crippen MR) is 147 cm³/mol. The first kappa shape index (κ1) is 30.1. The van der Waals surface area contributed by atoms with E-state index in [9.17, 15) is 35.9 Å². The number of benzene rings is 3. The van der Waals surface area contributed by atoms with Gasteiger partial charge < -0.3 is 10.3 Å². The van der Waals surface area contributed by atoms with Gasteiger partial charge in [0.15, 0.2) is 0 Å². The number of carbonyl (C=O) groups is 1. The third kappa shape index (κ3) is 6.51. The van der Waals surface area contributed by atoms with Gasteiger partial charge in [0.2, 0.25) is 0 Å². The number of hydrogen-bond acceptors (Lipinski definition) is 4. The average Bonchev–Trinajstić information content (AvgIpc) is 2.99. The summed E-state index contributed by atoms with van der Waals surface area (Å²) in [7, 11) is 0. The smallest absolute Gasteiger partial charge is 0.348 e. The second-order valence-electron chi connectivity index (χ2n) is 9.49. The van der Waals surface area contributed by atoms with Gasteiger partial charge in [-0.3, -0.25) is 14.6 Å². The van der Waals surface area contributed by atoms with E-state index in [1.54, 1.807) is 24.3 Å². The lowest BCUT2D eigenvalue weighted by Crippen LogP contribution is -2.24. The van der Waals surface area contributed by atoms with Gasteiger partial charge in [-0.05, 0) is 41.5 Å². The molecule has 0 aliphatic rings. The van der Waals surface area contributed by atoms with Gasteiger partial charge in [-0.25, -0.2) is 9.37 Å². The topological polar surface area (TPSA) is 87.7 Å². The van der Waals surface area contributed by atoms with Crippen molar-refractivity contribution in [2.45, 2.75) is 18.9 Å². The molecule has 0 fully saturated rings. The monoisotopic (exact) mass is 612 g/mol. The lowest BCUT2D eigenvalue weighted by atomic mass is 10.0. The number of nitrogens with one attached hydrogen (secondary N) is 2. The Morgan fingerprint density at radius 1 is 0.795 bits per heavy atom. The highest BCUT2D eigenvalue weighted by Gasteiger charge is 2.37. The van der Waals surface area contributed by atoms with E-state index in [-0.39, 0.29) is 22.5 Å². The van der Waals surface area contributed by atoms with Gasteiger partial charge in [0, 0.05) is 29.9 Å². The molecule has 0 radical (unpaired) electrons. The Kier molecular flexibility index (Phi) is 8.05. The first-order chi connectivity index (χ1) is 20.8. The molecule has 0 saturated heterocycles. The summed E-state index contributed by atoms with van der Waals surface area (Å²) < 4.78 is 96.3.